The Morgan fingerprint density at radius 3 is 2.77 bits per heavy atom. The first-order chi connectivity index (χ1) is 10.7. The molecule has 116 valence electrons. The third-order valence-corrected chi connectivity index (χ3v) is 3.85. The molecule has 5 nitrogen and oxygen atoms in total. The molecule has 0 aromatic heterocycles. The molecule has 5 heteroatoms. The van der Waals surface area contributed by atoms with Crippen molar-refractivity contribution in [1.82, 2.24) is 0 Å². The Balaban J connectivity index is 1.68. The minimum atomic E-state index is -1.02. The van der Waals surface area contributed by atoms with Crippen LogP contribution in [0.5, 0.6) is 0 Å². The summed E-state index contributed by atoms with van der Waals surface area (Å²) in [6, 6.07) is 14.1. The van der Waals surface area contributed by atoms with Crippen molar-refractivity contribution in [2.45, 2.75) is 31.5 Å². The number of carboxylic acid groups (broad SMARTS) is 1. The number of benzene rings is 2. The third-order valence-electron chi connectivity index (χ3n) is 3.85. The molecule has 2 aromatic rings. The van der Waals surface area contributed by atoms with Crippen molar-refractivity contribution >= 4 is 16.7 Å². The highest BCUT2D eigenvalue weighted by Crippen LogP contribution is 2.25. The molecule has 3 rings (SSSR count). The minimum absolute atomic E-state index is 0.346. The summed E-state index contributed by atoms with van der Waals surface area (Å²) in [4.78, 5) is 11.2. The van der Waals surface area contributed by atoms with Crippen molar-refractivity contribution in [2.24, 2.45) is 0 Å². The lowest BCUT2D eigenvalue weighted by atomic mass is 10.1. The van der Waals surface area contributed by atoms with Crippen LogP contribution in [0.15, 0.2) is 42.5 Å². The van der Waals surface area contributed by atoms with E-state index in [0.29, 0.717) is 13.0 Å². The molecule has 22 heavy (non-hydrogen) atoms. The predicted molar refractivity (Wildman–Crippen MR) is 80.4 cm³/mol. The Morgan fingerprint density at radius 1 is 1.27 bits per heavy atom. The summed E-state index contributed by atoms with van der Waals surface area (Å²) >= 11 is 0. The van der Waals surface area contributed by atoms with E-state index in [0.717, 1.165) is 10.9 Å². The van der Waals surface area contributed by atoms with Gasteiger partial charge in [0.15, 0.2) is 12.4 Å². The smallest absolute Gasteiger partial charge is 0.335 e. The van der Waals surface area contributed by atoms with Crippen molar-refractivity contribution in [1.29, 1.82) is 0 Å². The maximum absolute atomic E-state index is 11.2. The van der Waals surface area contributed by atoms with Crippen molar-refractivity contribution in [3.8, 4) is 0 Å². The number of rotatable bonds is 5. The van der Waals surface area contributed by atoms with Crippen LogP contribution in [0.2, 0.25) is 0 Å². The molecule has 0 spiro atoms. The molecule has 3 atom stereocenters. The van der Waals surface area contributed by atoms with Crippen molar-refractivity contribution in [3.05, 3.63) is 48.0 Å². The second-order valence-electron chi connectivity index (χ2n) is 5.33. The highest BCUT2D eigenvalue weighted by atomic mass is 16.7. The summed E-state index contributed by atoms with van der Waals surface area (Å²) in [5.74, 6) is -1.02. The Hall–Kier alpha value is -1.95. The van der Waals surface area contributed by atoms with Gasteiger partial charge in [0.2, 0.25) is 0 Å². The molecular formula is C17H18O5. The molecular weight excluding hydrogens is 284 g/mol. The van der Waals surface area contributed by atoms with Crippen LogP contribution in [-0.4, -0.2) is 36.7 Å². The average molecular weight is 302 g/mol. The van der Waals surface area contributed by atoms with Crippen LogP contribution in [0.1, 0.15) is 12.0 Å². The number of carboxylic acids is 1. The van der Waals surface area contributed by atoms with E-state index in [-0.39, 0.29) is 0 Å². The summed E-state index contributed by atoms with van der Waals surface area (Å²) in [7, 11) is 1.50. The minimum Gasteiger partial charge on any atom is -0.479 e. The van der Waals surface area contributed by atoms with Gasteiger partial charge in [-0.3, -0.25) is 0 Å². The molecule has 1 fully saturated rings. The van der Waals surface area contributed by atoms with Crippen LogP contribution < -0.4 is 0 Å². The fourth-order valence-electron chi connectivity index (χ4n) is 2.68. The monoisotopic (exact) mass is 302 g/mol. The van der Waals surface area contributed by atoms with Gasteiger partial charge in [0.05, 0.1) is 12.7 Å². The zero-order chi connectivity index (χ0) is 15.5. The zero-order valence-electron chi connectivity index (χ0n) is 12.3. The van der Waals surface area contributed by atoms with Gasteiger partial charge in [-0.15, -0.1) is 0 Å². The number of hydrogen-bond donors (Lipinski definition) is 1. The quantitative estimate of drug-likeness (QED) is 0.919. The summed E-state index contributed by atoms with van der Waals surface area (Å²) in [6.07, 6.45) is -1.59. The van der Waals surface area contributed by atoms with E-state index < -0.39 is 24.5 Å². The average Bonchev–Trinajstić information content (AvgIpc) is 2.96. The summed E-state index contributed by atoms with van der Waals surface area (Å²) in [6.45, 7) is 0.346. The fraction of sp³-hybridized carbons (Fsp3) is 0.353. The standard InChI is InChI=1S/C17H18O5/c1-20-15-9-14(16(22-15)17(18)19)21-10-11-6-7-12-4-2-3-5-13(12)8-11/h2-8,14-16H,9-10H2,1H3,(H,18,19)/t14-,15?,16-/m0/s1. The SMILES string of the molecule is COC1C[C@H](OCc2ccc3ccccc3c2)[C@@H](C(=O)O)O1. The molecule has 0 radical (unpaired) electrons. The molecule has 0 aliphatic carbocycles. The van der Waals surface area contributed by atoms with E-state index in [1.165, 1.54) is 12.5 Å². The molecule has 1 saturated heterocycles. The summed E-state index contributed by atoms with van der Waals surface area (Å²) in [5.41, 5.74) is 1.00. The maximum atomic E-state index is 11.2. The molecule has 0 bridgehead atoms. The molecule has 1 aliphatic rings. The number of methoxy groups -OCH3 is 1. The van der Waals surface area contributed by atoms with Crippen LogP contribution >= 0.6 is 0 Å². The Bertz CT molecular complexity index is 669. The second-order valence-corrected chi connectivity index (χ2v) is 5.33. The zero-order valence-corrected chi connectivity index (χ0v) is 12.3. The van der Waals surface area contributed by atoms with Gasteiger partial charge in [-0.1, -0.05) is 36.4 Å². The predicted octanol–water partition coefficient (Wildman–Crippen LogP) is 2.57. The van der Waals surface area contributed by atoms with Gasteiger partial charge in [0, 0.05) is 13.5 Å². The first-order valence-corrected chi connectivity index (χ1v) is 7.17. The summed E-state index contributed by atoms with van der Waals surface area (Å²) < 4.78 is 16.1. The first-order valence-electron chi connectivity index (χ1n) is 7.17. The lowest BCUT2D eigenvalue weighted by molar-refractivity contribution is -0.168. The van der Waals surface area contributed by atoms with E-state index >= 15 is 0 Å². The maximum Gasteiger partial charge on any atom is 0.335 e. The Kier molecular flexibility index (Phi) is 4.38. The van der Waals surface area contributed by atoms with E-state index in [1.807, 2.05) is 30.3 Å². The van der Waals surface area contributed by atoms with Gasteiger partial charge in [-0.2, -0.15) is 0 Å². The Morgan fingerprint density at radius 2 is 2.05 bits per heavy atom. The van der Waals surface area contributed by atoms with Crippen molar-refractivity contribution in [3.63, 3.8) is 0 Å². The number of aliphatic carboxylic acids is 1. The van der Waals surface area contributed by atoms with Crippen LogP contribution in [0, 0.1) is 0 Å². The normalized spacial score (nSPS) is 24.7. The fourth-order valence-corrected chi connectivity index (χ4v) is 2.68. The molecule has 1 aliphatic heterocycles. The van der Waals surface area contributed by atoms with E-state index in [1.54, 1.807) is 0 Å². The van der Waals surface area contributed by atoms with Crippen molar-refractivity contribution < 1.29 is 24.1 Å². The molecule has 0 saturated carbocycles. The van der Waals surface area contributed by atoms with Crippen molar-refractivity contribution in [2.75, 3.05) is 7.11 Å². The van der Waals surface area contributed by atoms with E-state index in [4.69, 9.17) is 14.2 Å². The van der Waals surface area contributed by atoms with E-state index in [2.05, 4.69) is 12.1 Å². The molecule has 1 heterocycles. The van der Waals surface area contributed by atoms with Gasteiger partial charge in [-0.25, -0.2) is 4.79 Å². The van der Waals surface area contributed by atoms with Crippen LogP contribution in [0.25, 0.3) is 10.8 Å². The van der Waals surface area contributed by atoms with Gasteiger partial charge in [-0.05, 0) is 22.4 Å². The lowest BCUT2D eigenvalue weighted by Gasteiger charge is -2.15. The number of hydrogen-bond acceptors (Lipinski definition) is 4. The summed E-state index contributed by atoms with van der Waals surface area (Å²) in [5, 5.41) is 11.5. The van der Waals surface area contributed by atoms with Gasteiger partial charge >= 0.3 is 5.97 Å². The number of fused-ring (bicyclic) bond motifs is 1. The Labute approximate surface area is 128 Å². The second kappa shape index (κ2) is 6.44. The van der Waals surface area contributed by atoms with Gasteiger partial charge in [0.25, 0.3) is 0 Å². The molecule has 0 amide bonds. The van der Waals surface area contributed by atoms with Gasteiger partial charge < -0.3 is 19.3 Å². The molecule has 1 N–H and O–H groups in total. The van der Waals surface area contributed by atoms with Crippen LogP contribution in [-0.2, 0) is 25.6 Å². The van der Waals surface area contributed by atoms with Crippen LogP contribution in [0.3, 0.4) is 0 Å². The van der Waals surface area contributed by atoms with Crippen LogP contribution in [0.4, 0.5) is 0 Å². The molecule has 1 unspecified atom stereocenters. The third kappa shape index (κ3) is 3.11. The highest BCUT2D eigenvalue weighted by molar-refractivity contribution is 5.82. The number of ether oxygens (including phenoxy) is 3. The first kappa shape index (κ1) is 15.0. The number of carbonyl (C=O) groups is 1. The van der Waals surface area contributed by atoms with E-state index in [9.17, 15) is 9.90 Å². The molecule has 2 aromatic carbocycles. The highest BCUT2D eigenvalue weighted by Gasteiger charge is 2.41. The largest absolute Gasteiger partial charge is 0.479 e. The van der Waals surface area contributed by atoms with Gasteiger partial charge in [0.1, 0.15) is 0 Å². The topological polar surface area (TPSA) is 65.0 Å². The lowest BCUT2D eigenvalue weighted by Crippen LogP contribution is -2.32.